The molecule has 0 radical (unpaired) electrons. The topological polar surface area (TPSA) is 20.3 Å². The molecule has 0 aromatic rings. The Morgan fingerprint density at radius 3 is 2.43 bits per heavy atom. The molecule has 1 aliphatic rings. The van der Waals surface area contributed by atoms with Crippen molar-refractivity contribution in [3.8, 4) is 0 Å². The number of hydrogen-bond acceptors (Lipinski definition) is 1. The van der Waals surface area contributed by atoms with Gasteiger partial charge in [-0.1, -0.05) is 29.8 Å². The second-order valence-electron chi connectivity index (χ2n) is 4.33. The molecule has 0 aliphatic carbocycles. The first-order chi connectivity index (χ1) is 6.54. The zero-order chi connectivity index (χ0) is 10.8. The van der Waals surface area contributed by atoms with Crippen molar-refractivity contribution in [2.45, 2.75) is 44.9 Å². The molecule has 0 N–H and O–H groups in total. The number of carbonyl (C=O) groups is 1. The van der Waals surface area contributed by atoms with Crippen LogP contribution in [0.25, 0.3) is 0 Å². The number of hydrogen-bond donors (Lipinski definition) is 0. The average Bonchev–Trinajstić information content (AvgIpc) is 2.61. The van der Waals surface area contributed by atoms with Crippen LogP contribution in [0.3, 0.4) is 0 Å². The number of halogens is 1. The SMILES string of the molecule is CCC1(CC)CCN(C(=O)C(C)Br)C1. The highest BCUT2D eigenvalue weighted by molar-refractivity contribution is 9.10. The van der Waals surface area contributed by atoms with Gasteiger partial charge in [0.05, 0.1) is 4.83 Å². The van der Waals surface area contributed by atoms with Gasteiger partial charge < -0.3 is 4.90 Å². The minimum atomic E-state index is -0.0352. The van der Waals surface area contributed by atoms with Crippen LogP contribution in [0.1, 0.15) is 40.0 Å². The summed E-state index contributed by atoms with van der Waals surface area (Å²) in [5.41, 5.74) is 0.400. The van der Waals surface area contributed by atoms with Crippen molar-refractivity contribution in [2.75, 3.05) is 13.1 Å². The Morgan fingerprint density at radius 2 is 2.07 bits per heavy atom. The molecule has 0 aromatic carbocycles. The molecule has 1 amide bonds. The lowest BCUT2D eigenvalue weighted by atomic mass is 9.82. The number of rotatable bonds is 3. The maximum Gasteiger partial charge on any atom is 0.236 e. The molecular formula is C11H20BrNO. The van der Waals surface area contributed by atoms with Gasteiger partial charge in [0.1, 0.15) is 0 Å². The fourth-order valence-electron chi connectivity index (χ4n) is 2.20. The van der Waals surface area contributed by atoms with Crippen LogP contribution in [0.4, 0.5) is 0 Å². The van der Waals surface area contributed by atoms with Crippen molar-refractivity contribution in [1.29, 1.82) is 0 Å². The number of alkyl halides is 1. The van der Waals surface area contributed by atoms with Gasteiger partial charge in [-0.2, -0.15) is 0 Å². The molecule has 0 aromatic heterocycles. The summed E-state index contributed by atoms with van der Waals surface area (Å²) in [7, 11) is 0. The van der Waals surface area contributed by atoms with Crippen LogP contribution in [-0.4, -0.2) is 28.7 Å². The van der Waals surface area contributed by atoms with E-state index in [9.17, 15) is 4.79 Å². The maximum atomic E-state index is 11.7. The predicted octanol–water partition coefficient (Wildman–Crippen LogP) is 2.81. The van der Waals surface area contributed by atoms with E-state index in [0.29, 0.717) is 5.41 Å². The molecule has 1 rings (SSSR count). The summed E-state index contributed by atoms with van der Waals surface area (Å²) in [5, 5.41) is 0. The van der Waals surface area contributed by atoms with Crippen molar-refractivity contribution in [3.63, 3.8) is 0 Å². The predicted molar refractivity (Wildman–Crippen MR) is 62.6 cm³/mol. The van der Waals surface area contributed by atoms with E-state index in [-0.39, 0.29) is 10.7 Å². The van der Waals surface area contributed by atoms with E-state index in [1.54, 1.807) is 0 Å². The van der Waals surface area contributed by atoms with Crippen molar-refractivity contribution in [1.82, 2.24) is 4.90 Å². The van der Waals surface area contributed by atoms with Gasteiger partial charge >= 0.3 is 0 Å². The Kier molecular flexibility index (Phi) is 3.99. The van der Waals surface area contributed by atoms with Crippen LogP contribution in [0.15, 0.2) is 0 Å². The lowest BCUT2D eigenvalue weighted by Crippen LogP contribution is -2.35. The summed E-state index contributed by atoms with van der Waals surface area (Å²) in [6.45, 7) is 8.26. The Hall–Kier alpha value is -0.0500. The highest BCUT2D eigenvalue weighted by Crippen LogP contribution is 2.37. The average molecular weight is 262 g/mol. The minimum absolute atomic E-state index is 0.0352. The Bertz CT molecular complexity index is 211. The summed E-state index contributed by atoms with van der Waals surface area (Å²) < 4.78 is 0. The molecule has 0 spiro atoms. The molecule has 82 valence electrons. The number of amides is 1. The maximum absolute atomic E-state index is 11.7. The molecule has 1 unspecified atom stereocenters. The van der Waals surface area contributed by atoms with Crippen LogP contribution in [0.2, 0.25) is 0 Å². The molecular weight excluding hydrogens is 242 g/mol. The second kappa shape index (κ2) is 4.65. The molecule has 0 saturated carbocycles. The molecule has 1 aliphatic heterocycles. The standard InChI is InChI=1S/C11H20BrNO/c1-4-11(5-2)6-7-13(8-11)10(14)9(3)12/h9H,4-8H2,1-3H3. The molecule has 1 fully saturated rings. The van der Waals surface area contributed by atoms with Gasteiger partial charge in [0.2, 0.25) is 5.91 Å². The quantitative estimate of drug-likeness (QED) is 0.716. The first-order valence-electron chi connectivity index (χ1n) is 5.47. The molecule has 1 saturated heterocycles. The van der Waals surface area contributed by atoms with Crippen molar-refractivity contribution in [3.05, 3.63) is 0 Å². The fraction of sp³-hybridized carbons (Fsp3) is 0.909. The molecule has 1 heterocycles. The van der Waals surface area contributed by atoms with E-state index in [4.69, 9.17) is 0 Å². The van der Waals surface area contributed by atoms with Gasteiger partial charge in [-0.05, 0) is 31.6 Å². The smallest absolute Gasteiger partial charge is 0.236 e. The number of carbonyl (C=O) groups excluding carboxylic acids is 1. The lowest BCUT2D eigenvalue weighted by molar-refractivity contribution is -0.129. The first-order valence-corrected chi connectivity index (χ1v) is 6.39. The van der Waals surface area contributed by atoms with Gasteiger partial charge in [0, 0.05) is 13.1 Å². The third kappa shape index (κ3) is 2.30. The van der Waals surface area contributed by atoms with E-state index in [2.05, 4.69) is 29.8 Å². The molecule has 14 heavy (non-hydrogen) atoms. The van der Waals surface area contributed by atoms with Gasteiger partial charge in [-0.25, -0.2) is 0 Å². The Morgan fingerprint density at radius 1 is 1.50 bits per heavy atom. The van der Waals surface area contributed by atoms with E-state index in [0.717, 1.165) is 13.1 Å². The second-order valence-corrected chi connectivity index (χ2v) is 5.71. The van der Waals surface area contributed by atoms with Gasteiger partial charge in [-0.15, -0.1) is 0 Å². The van der Waals surface area contributed by atoms with Crippen LogP contribution >= 0.6 is 15.9 Å². The summed E-state index contributed by atoms with van der Waals surface area (Å²) in [5.74, 6) is 0.244. The molecule has 3 heteroatoms. The van der Waals surface area contributed by atoms with Gasteiger partial charge in [0.25, 0.3) is 0 Å². The first kappa shape index (κ1) is 12.0. The van der Waals surface area contributed by atoms with Crippen LogP contribution in [-0.2, 0) is 4.79 Å². The highest BCUT2D eigenvalue weighted by Gasteiger charge is 2.37. The third-order valence-electron chi connectivity index (χ3n) is 3.59. The molecule has 2 nitrogen and oxygen atoms in total. The van der Waals surface area contributed by atoms with E-state index >= 15 is 0 Å². The van der Waals surface area contributed by atoms with Crippen LogP contribution in [0.5, 0.6) is 0 Å². The zero-order valence-corrected chi connectivity index (χ0v) is 10.9. The van der Waals surface area contributed by atoms with Crippen molar-refractivity contribution in [2.24, 2.45) is 5.41 Å². The number of likely N-dealkylation sites (tertiary alicyclic amines) is 1. The summed E-state index contributed by atoms with van der Waals surface area (Å²) in [6, 6.07) is 0. The lowest BCUT2D eigenvalue weighted by Gasteiger charge is -2.26. The minimum Gasteiger partial charge on any atom is -0.341 e. The van der Waals surface area contributed by atoms with Gasteiger partial charge in [0.15, 0.2) is 0 Å². The Labute approximate surface area is 95.2 Å². The van der Waals surface area contributed by atoms with Gasteiger partial charge in [-0.3, -0.25) is 4.79 Å². The highest BCUT2D eigenvalue weighted by atomic mass is 79.9. The third-order valence-corrected chi connectivity index (χ3v) is 3.98. The van der Waals surface area contributed by atoms with Crippen molar-refractivity contribution < 1.29 is 4.79 Å². The van der Waals surface area contributed by atoms with Crippen LogP contribution in [0, 0.1) is 5.41 Å². The molecule has 1 atom stereocenters. The van der Waals surface area contributed by atoms with Crippen LogP contribution < -0.4 is 0 Å². The monoisotopic (exact) mass is 261 g/mol. The summed E-state index contributed by atoms with van der Waals surface area (Å²) in [4.78, 5) is 13.7. The largest absolute Gasteiger partial charge is 0.341 e. The normalized spacial score (nSPS) is 22.4. The van der Waals surface area contributed by atoms with Crippen molar-refractivity contribution >= 4 is 21.8 Å². The van der Waals surface area contributed by atoms with E-state index in [1.165, 1.54) is 19.3 Å². The fourth-order valence-corrected chi connectivity index (χ4v) is 2.49. The number of nitrogens with zero attached hydrogens (tertiary/aromatic N) is 1. The zero-order valence-electron chi connectivity index (χ0n) is 9.35. The summed E-state index contributed by atoms with van der Waals surface area (Å²) in [6.07, 6.45) is 3.54. The summed E-state index contributed by atoms with van der Waals surface area (Å²) >= 11 is 3.34. The van der Waals surface area contributed by atoms with E-state index in [1.807, 2.05) is 11.8 Å². The Balaban J connectivity index is 2.60. The molecule has 0 bridgehead atoms. The van der Waals surface area contributed by atoms with E-state index < -0.39 is 0 Å².